The largest absolute Gasteiger partial charge is 0.496 e. The minimum Gasteiger partial charge on any atom is -0.496 e. The van der Waals surface area contributed by atoms with Crippen molar-refractivity contribution in [3.8, 4) is 5.75 Å². The van der Waals surface area contributed by atoms with Gasteiger partial charge in [-0.25, -0.2) is 0 Å². The summed E-state index contributed by atoms with van der Waals surface area (Å²) in [7, 11) is 1.73. The summed E-state index contributed by atoms with van der Waals surface area (Å²) in [5.74, 6) is 1.22. The SMILES string of the molecule is CCC(=O)c1ccc(OC)c2c1C(N1CCCC1)CCC2. The van der Waals surface area contributed by atoms with Crippen LogP contribution >= 0.6 is 0 Å². The Labute approximate surface area is 127 Å². The molecule has 3 nitrogen and oxygen atoms in total. The molecule has 0 N–H and O–H groups in total. The van der Waals surface area contributed by atoms with Crippen molar-refractivity contribution in [1.82, 2.24) is 4.90 Å². The lowest BCUT2D eigenvalue weighted by Crippen LogP contribution is -2.30. The Morgan fingerprint density at radius 2 is 2.05 bits per heavy atom. The fourth-order valence-corrected chi connectivity index (χ4v) is 3.94. The summed E-state index contributed by atoms with van der Waals surface area (Å²) in [6.07, 6.45) is 6.54. The summed E-state index contributed by atoms with van der Waals surface area (Å²) in [5.41, 5.74) is 3.49. The van der Waals surface area contributed by atoms with Gasteiger partial charge in [0.2, 0.25) is 0 Å². The Morgan fingerprint density at radius 1 is 1.29 bits per heavy atom. The average Bonchev–Trinajstić information content (AvgIpc) is 3.06. The smallest absolute Gasteiger partial charge is 0.162 e. The number of benzene rings is 1. The van der Waals surface area contributed by atoms with Crippen LogP contribution in [0, 0.1) is 0 Å². The van der Waals surface area contributed by atoms with Crippen molar-refractivity contribution in [3.05, 3.63) is 28.8 Å². The lowest BCUT2D eigenvalue weighted by molar-refractivity contribution is 0.0983. The van der Waals surface area contributed by atoms with Gasteiger partial charge in [0.05, 0.1) is 7.11 Å². The molecule has 21 heavy (non-hydrogen) atoms. The maximum Gasteiger partial charge on any atom is 0.162 e. The van der Waals surface area contributed by atoms with Gasteiger partial charge in [-0.05, 0) is 68.5 Å². The predicted molar refractivity (Wildman–Crippen MR) is 84.1 cm³/mol. The third-order valence-electron chi connectivity index (χ3n) is 4.97. The molecule has 1 heterocycles. The molecule has 3 rings (SSSR count). The van der Waals surface area contributed by atoms with Crippen molar-refractivity contribution in [2.24, 2.45) is 0 Å². The van der Waals surface area contributed by atoms with Crippen molar-refractivity contribution in [1.29, 1.82) is 0 Å². The summed E-state index contributed by atoms with van der Waals surface area (Å²) in [6.45, 7) is 4.29. The van der Waals surface area contributed by atoms with Crippen LogP contribution in [0.4, 0.5) is 0 Å². The minimum absolute atomic E-state index is 0.264. The first-order valence-electron chi connectivity index (χ1n) is 8.23. The van der Waals surface area contributed by atoms with Gasteiger partial charge in [0, 0.05) is 18.0 Å². The van der Waals surface area contributed by atoms with Crippen LogP contribution in [0.25, 0.3) is 0 Å². The lowest BCUT2D eigenvalue weighted by Gasteiger charge is -2.35. The molecule has 3 heteroatoms. The lowest BCUT2D eigenvalue weighted by atomic mass is 9.82. The van der Waals surface area contributed by atoms with Crippen LogP contribution in [0.5, 0.6) is 5.75 Å². The number of likely N-dealkylation sites (tertiary alicyclic amines) is 1. The van der Waals surface area contributed by atoms with Crippen molar-refractivity contribution in [2.45, 2.75) is 51.5 Å². The van der Waals surface area contributed by atoms with Crippen LogP contribution in [-0.2, 0) is 6.42 Å². The first-order valence-corrected chi connectivity index (χ1v) is 8.23. The van der Waals surface area contributed by atoms with E-state index >= 15 is 0 Å². The number of ketones is 1. The molecular formula is C18H25NO2. The van der Waals surface area contributed by atoms with Crippen LogP contribution in [-0.4, -0.2) is 30.9 Å². The van der Waals surface area contributed by atoms with Gasteiger partial charge in [-0.3, -0.25) is 9.69 Å². The molecule has 0 spiro atoms. The molecule has 0 saturated carbocycles. The first kappa shape index (κ1) is 14.6. The molecule has 1 aromatic rings. The second-order valence-electron chi connectivity index (χ2n) is 6.14. The summed E-state index contributed by atoms with van der Waals surface area (Å²) in [5, 5.41) is 0. The normalized spacial score (nSPS) is 22.1. The van der Waals surface area contributed by atoms with E-state index in [2.05, 4.69) is 4.90 Å². The topological polar surface area (TPSA) is 29.5 Å². The second kappa shape index (κ2) is 6.18. The molecule has 1 saturated heterocycles. The highest BCUT2D eigenvalue weighted by atomic mass is 16.5. The van der Waals surface area contributed by atoms with E-state index in [1.54, 1.807) is 7.11 Å². The van der Waals surface area contributed by atoms with Crippen LogP contribution in [0.2, 0.25) is 0 Å². The highest BCUT2D eigenvalue weighted by Crippen LogP contribution is 2.42. The fraction of sp³-hybridized carbons (Fsp3) is 0.611. The van der Waals surface area contributed by atoms with E-state index in [0.29, 0.717) is 12.5 Å². The van der Waals surface area contributed by atoms with Crippen molar-refractivity contribution in [2.75, 3.05) is 20.2 Å². The standard InChI is InChI=1S/C18H25NO2/c1-3-16(20)13-9-10-17(21-2)14-7-6-8-15(18(13)14)19-11-4-5-12-19/h9-10,15H,3-8,11-12H2,1-2H3. The van der Waals surface area contributed by atoms with Crippen molar-refractivity contribution in [3.63, 3.8) is 0 Å². The Bertz CT molecular complexity index is 532. The molecular weight excluding hydrogens is 262 g/mol. The van der Waals surface area contributed by atoms with Gasteiger partial charge in [-0.15, -0.1) is 0 Å². The number of carbonyl (C=O) groups is 1. The summed E-state index contributed by atoms with van der Waals surface area (Å²) in [4.78, 5) is 15.0. The molecule has 0 bridgehead atoms. The fourth-order valence-electron chi connectivity index (χ4n) is 3.94. The molecule has 0 radical (unpaired) electrons. The molecule has 114 valence electrons. The summed E-state index contributed by atoms with van der Waals surface area (Å²) < 4.78 is 5.56. The molecule has 1 unspecified atom stereocenters. The van der Waals surface area contributed by atoms with Crippen molar-refractivity contribution >= 4 is 5.78 Å². The maximum absolute atomic E-state index is 12.4. The maximum atomic E-state index is 12.4. The van der Waals surface area contributed by atoms with E-state index in [4.69, 9.17) is 4.74 Å². The van der Waals surface area contributed by atoms with E-state index in [0.717, 1.165) is 17.7 Å². The number of hydrogen-bond donors (Lipinski definition) is 0. The van der Waals surface area contributed by atoms with Crippen LogP contribution in [0.1, 0.15) is 66.6 Å². The van der Waals surface area contributed by atoms with Gasteiger partial charge in [0.25, 0.3) is 0 Å². The monoisotopic (exact) mass is 287 g/mol. The Morgan fingerprint density at radius 3 is 2.71 bits per heavy atom. The molecule has 1 fully saturated rings. The van der Waals surface area contributed by atoms with Crippen LogP contribution < -0.4 is 4.74 Å². The Balaban J connectivity index is 2.10. The molecule has 1 aliphatic carbocycles. The summed E-state index contributed by atoms with van der Waals surface area (Å²) >= 11 is 0. The van der Waals surface area contributed by atoms with Crippen molar-refractivity contribution < 1.29 is 9.53 Å². The van der Waals surface area contributed by atoms with Gasteiger partial charge >= 0.3 is 0 Å². The van der Waals surface area contributed by atoms with Crippen LogP contribution in [0.3, 0.4) is 0 Å². The third-order valence-corrected chi connectivity index (χ3v) is 4.97. The van der Waals surface area contributed by atoms with E-state index < -0.39 is 0 Å². The Hall–Kier alpha value is -1.35. The van der Waals surface area contributed by atoms with E-state index in [9.17, 15) is 4.79 Å². The zero-order valence-electron chi connectivity index (χ0n) is 13.2. The molecule has 0 amide bonds. The quantitative estimate of drug-likeness (QED) is 0.790. The highest BCUT2D eigenvalue weighted by molar-refractivity contribution is 5.98. The molecule has 1 aromatic carbocycles. The first-order chi connectivity index (χ1) is 10.3. The number of hydrogen-bond acceptors (Lipinski definition) is 3. The van der Waals surface area contributed by atoms with Gasteiger partial charge in [0.15, 0.2) is 5.78 Å². The van der Waals surface area contributed by atoms with E-state index in [1.807, 2.05) is 19.1 Å². The zero-order valence-corrected chi connectivity index (χ0v) is 13.2. The summed E-state index contributed by atoms with van der Waals surface area (Å²) in [6, 6.07) is 4.38. The number of Topliss-reactive ketones (excluding diaryl/α,β-unsaturated/α-hetero) is 1. The molecule has 1 aliphatic heterocycles. The molecule has 1 atom stereocenters. The number of methoxy groups -OCH3 is 1. The predicted octanol–water partition coefficient (Wildman–Crippen LogP) is 3.76. The number of ether oxygens (including phenoxy) is 1. The number of carbonyl (C=O) groups excluding carboxylic acids is 1. The number of fused-ring (bicyclic) bond motifs is 1. The number of rotatable bonds is 4. The van der Waals surface area contributed by atoms with E-state index in [1.165, 1.54) is 49.9 Å². The average molecular weight is 287 g/mol. The van der Waals surface area contributed by atoms with Gasteiger partial charge in [0.1, 0.15) is 5.75 Å². The minimum atomic E-state index is 0.264. The number of nitrogens with zero attached hydrogens (tertiary/aromatic N) is 1. The van der Waals surface area contributed by atoms with Crippen LogP contribution in [0.15, 0.2) is 12.1 Å². The molecule has 2 aliphatic rings. The van der Waals surface area contributed by atoms with Gasteiger partial charge in [-0.1, -0.05) is 6.92 Å². The van der Waals surface area contributed by atoms with Gasteiger partial charge < -0.3 is 4.74 Å². The Kier molecular flexibility index (Phi) is 4.29. The van der Waals surface area contributed by atoms with E-state index in [-0.39, 0.29) is 5.78 Å². The highest BCUT2D eigenvalue weighted by Gasteiger charge is 2.32. The zero-order chi connectivity index (χ0) is 14.8. The second-order valence-corrected chi connectivity index (χ2v) is 6.14. The third kappa shape index (κ3) is 2.59. The molecule has 0 aromatic heterocycles. The van der Waals surface area contributed by atoms with Gasteiger partial charge in [-0.2, -0.15) is 0 Å².